The Morgan fingerprint density at radius 1 is 1.45 bits per heavy atom. The van der Waals surface area contributed by atoms with Gasteiger partial charge in [0.1, 0.15) is 5.82 Å². The fraction of sp³-hybridized carbons (Fsp3) is 0.250. The molecule has 1 heterocycles. The molecule has 56 valence electrons. The van der Waals surface area contributed by atoms with Gasteiger partial charge in [-0.05, 0) is 29.3 Å². The molecule has 3 heteroatoms. The van der Waals surface area contributed by atoms with Gasteiger partial charge in [-0.1, -0.05) is 22.0 Å². The van der Waals surface area contributed by atoms with E-state index in [1.54, 1.807) is 6.07 Å². The van der Waals surface area contributed by atoms with Gasteiger partial charge in [0, 0.05) is 4.47 Å². The molecule has 0 amide bonds. The summed E-state index contributed by atoms with van der Waals surface area (Å²) < 4.78 is 14.0. The zero-order valence-corrected chi connectivity index (χ0v) is 8.41. The van der Waals surface area contributed by atoms with Gasteiger partial charge in [-0.25, -0.2) is 4.39 Å². The molecular formula is C8H6BrFSi. The molecule has 0 unspecified atom stereocenters. The van der Waals surface area contributed by atoms with Crippen LogP contribution in [-0.2, 0) is 6.42 Å². The van der Waals surface area contributed by atoms with E-state index in [1.165, 1.54) is 5.56 Å². The van der Waals surface area contributed by atoms with Crippen molar-refractivity contribution in [3.63, 3.8) is 0 Å². The smallest absolute Gasteiger partial charge is 0.123 e. The number of benzene rings is 1. The second kappa shape index (κ2) is 2.72. The van der Waals surface area contributed by atoms with Gasteiger partial charge in [0.15, 0.2) is 0 Å². The largest absolute Gasteiger partial charge is 0.207 e. The predicted octanol–water partition coefficient (Wildman–Crippen LogP) is 1.89. The fourth-order valence-electron chi connectivity index (χ4n) is 1.34. The maximum atomic E-state index is 13.1. The van der Waals surface area contributed by atoms with E-state index in [1.807, 2.05) is 6.07 Å². The van der Waals surface area contributed by atoms with Crippen LogP contribution >= 0.6 is 15.9 Å². The summed E-state index contributed by atoms with van der Waals surface area (Å²) in [4.78, 5) is 0. The first-order valence-electron chi connectivity index (χ1n) is 3.49. The van der Waals surface area contributed by atoms with Crippen molar-refractivity contribution in [3.8, 4) is 0 Å². The maximum absolute atomic E-state index is 13.1. The molecule has 11 heavy (non-hydrogen) atoms. The topological polar surface area (TPSA) is 0 Å². The van der Waals surface area contributed by atoms with Crippen molar-refractivity contribution >= 4 is 30.6 Å². The lowest BCUT2D eigenvalue weighted by Crippen LogP contribution is -2.15. The molecule has 0 saturated heterocycles. The highest BCUT2D eigenvalue weighted by Crippen LogP contribution is 2.17. The summed E-state index contributed by atoms with van der Waals surface area (Å²) in [7, 11) is 0.679. The quantitative estimate of drug-likeness (QED) is 0.596. The SMILES string of the molecule is Fc1cc(Br)cc2c1[Si]CC2. The molecule has 2 radical (unpaired) electrons. The van der Waals surface area contributed by atoms with E-state index in [-0.39, 0.29) is 5.82 Å². The van der Waals surface area contributed by atoms with Crippen LogP contribution in [0.2, 0.25) is 6.04 Å². The molecular weight excluding hydrogens is 223 g/mol. The molecule has 0 atom stereocenters. The predicted molar refractivity (Wildman–Crippen MR) is 48.0 cm³/mol. The average Bonchev–Trinajstić information content (AvgIpc) is 2.34. The van der Waals surface area contributed by atoms with Crippen LogP contribution in [-0.4, -0.2) is 9.52 Å². The summed E-state index contributed by atoms with van der Waals surface area (Å²) in [6, 6.07) is 4.71. The Morgan fingerprint density at radius 2 is 2.27 bits per heavy atom. The van der Waals surface area contributed by atoms with E-state index in [0.29, 0.717) is 9.52 Å². The minimum Gasteiger partial charge on any atom is -0.207 e. The van der Waals surface area contributed by atoms with Crippen LogP contribution in [0.3, 0.4) is 0 Å². The number of halogens is 2. The second-order valence-corrected chi connectivity index (χ2v) is 4.87. The first-order chi connectivity index (χ1) is 5.27. The lowest BCUT2D eigenvalue weighted by atomic mass is 10.2. The molecule has 0 aromatic heterocycles. The molecule has 1 aromatic carbocycles. The molecule has 0 aliphatic carbocycles. The first-order valence-corrected chi connectivity index (χ1v) is 5.49. The molecule has 0 spiro atoms. The molecule has 1 aliphatic heterocycles. The first kappa shape index (κ1) is 7.49. The highest BCUT2D eigenvalue weighted by molar-refractivity contribution is 9.10. The van der Waals surface area contributed by atoms with E-state index < -0.39 is 0 Å². The third-order valence-corrected chi connectivity index (χ3v) is 3.70. The lowest BCUT2D eigenvalue weighted by Gasteiger charge is -2.00. The lowest BCUT2D eigenvalue weighted by molar-refractivity contribution is 0.634. The van der Waals surface area contributed by atoms with Crippen molar-refractivity contribution in [1.82, 2.24) is 0 Å². The molecule has 0 bridgehead atoms. The van der Waals surface area contributed by atoms with Crippen molar-refractivity contribution < 1.29 is 4.39 Å². The third-order valence-electron chi connectivity index (χ3n) is 1.83. The Hall–Kier alpha value is -0.153. The maximum Gasteiger partial charge on any atom is 0.123 e. The van der Waals surface area contributed by atoms with Gasteiger partial charge in [0.2, 0.25) is 0 Å². The number of rotatable bonds is 0. The van der Waals surface area contributed by atoms with E-state index in [9.17, 15) is 4.39 Å². The highest BCUT2D eigenvalue weighted by Gasteiger charge is 2.15. The monoisotopic (exact) mass is 228 g/mol. The number of hydrogen-bond donors (Lipinski definition) is 0. The molecule has 0 nitrogen and oxygen atoms in total. The summed E-state index contributed by atoms with van der Waals surface area (Å²) >= 11 is 3.28. The third kappa shape index (κ3) is 1.27. The van der Waals surface area contributed by atoms with E-state index in [0.717, 1.165) is 22.1 Å². The van der Waals surface area contributed by atoms with Crippen LogP contribution in [0.1, 0.15) is 5.56 Å². The Balaban J connectivity index is 2.60. The van der Waals surface area contributed by atoms with Gasteiger partial charge in [0.05, 0.1) is 9.52 Å². The average molecular weight is 229 g/mol. The minimum atomic E-state index is -0.0368. The zero-order chi connectivity index (χ0) is 7.84. The van der Waals surface area contributed by atoms with E-state index in [4.69, 9.17) is 0 Å². The number of hydrogen-bond acceptors (Lipinski definition) is 0. The van der Waals surface area contributed by atoms with Crippen LogP contribution in [0.15, 0.2) is 16.6 Å². The molecule has 1 aromatic rings. The Bertz CT molecular complexity index is 298. The zero-order valence-electron chi connectivity index (χ0n) is 5.82. The van der Waals surface area contributed by atoms with Crippen LogP contribution in [0.5, 0.6) is 0 Å². The summed E-state index contributed by atoms with van der Waals surface area (Å²) in [6.45, 7) is 0. The van der Waals surface area contributed by atoms with Gasteiger partial charge in [-0.3, -0.25) is 0 Å². The molecule has 0 N–H and O–H groups in total. The van der Waals surface area contributed by atoms with Gasteiger partial charge in [-0.2, -0.15) is 0 Å². The molecule has 1 aliphatic rings. The normalized spacial score (nSPS) is 15.1. The Labute approximate surface area is 75.8 Å². The summed E-state index contributed by atoms with van der Waals surface area (Å²) in [5.41, 5.74) is 1.19. The summed E-state index contributed by atoms with van der Waals surface area (Å²) in [5, 5.41) is 0.952. The highest BCUT2D eigenvalue weighted by atomic mass is 79.9. The molecule has 2 rings (SSSR count). The van der Waals surface area contributed by atoms with Crippen LogP contribution < -0.4 is 5.19 Å². The van der Waals surface area contributed by atoms with Gasteiger partial charge < -0.3 is 0 Å². The Kier molecular flexibility index (Phi) is 1.85. The van der Waals surface area contributed by atoms with E-state index >= 15 is 0 Å². The fourth-order valence-corrected chi connectivity index (χ4v) is 3.13. The van der Waals surface area contributed by atoms with Crippen molar-refractivity contribution in [2.75, 3.05) is 0 Å². The van der Waals surface area contributed by atoms with Crippen LogP contribution in [0, 0.1) is 5.82 Å². The Morgan fingerprint density at radius 3 is 3.09 bits per heavy atom. The van der Waals surface area contributed by atoms with Crippen LogP contribution in [0.4, 0.5) is 4.39 Å². The second-order valence-electron chi connectivity index (χ2n) is 2.60. The van der Waals surface area contributed by atoms with Gasteiger partial charge >= 0.3 is 0 Å². The standard InChI is InChI=1S/C8H6BrFSi/c9-6-3-5-1-2-11-8(5)7(10)4-6/h3-4H,1-2H2. The van der Waals surface area contributed by atoms with E-state index in [2.05, 4.69) is 15.9 Å². The summed E-state index contributed by atoms with van der Waals surface area (Å²) in [6.07, 6.45) is 1.05. The van der Waals surface area contributed by atoms with Crippen molar-refractivity contribution in [1.29, 1.82) is 0 Å². The molecule has 0 saturated carbocycles. The number of fused-ring (bicyclic) bond motifs is 1. The number of aryl methyl sites for hydroxylation is 1. The van der Waals surface area contributed by atoms with Gasteiger partial charge in [-0.15, -0.1) is 0 Å². The molecule has 0 fully saturated rings. The summed E-state index contributed by atoms with van der Waals surface area (Å²) in [5.74, 6) is -0.0368. The van der Waals surface area contributed by atoms with Crippen molar-refractivity contribution in [2.24, 2.45) is 0 Å². The van der Waals surface area contributed by atoms with Crippen LogP contribution in [0.25, 0.3) is 0 Å². The van der Waals surface area contributed by atoms with Crippen molar-refractivity contribution in [2.45, 2.75) is 12.5 Å². The van der Waals surface area contributed by atoms with Gasteiger partial charge in [0.25, 0.3) is 0 Å². The van der Waals surface area contributed by atoms with Crippen molar-refractivity contribution in [3.05, 3.63) is 28.0 Å². The minimum absolute atomic E-state index is 0.0368.